The van der Waals surface area contributed by atoms with Gasteiger partial charge in [-0.15, -0.1) is 0 Å². The molecule has 1 aliphatic rings. The van der Waals surface area contributed by atoms with E-state index in [0.29, 0.717) is 17.7 Å². The first-order valence-corrected chi connectivity index (χ1v) is 6.29. The first-order valence-electron chi connectivity index (χ1n) is 6.29. The summed E-state index contributed by atoms with van der Waals surface area (Å²) in [5.41, 5.74) is 0. The lowest BCUT2D eigenvalue weighted by molar-refractivity contribution is 0.0904. The van der Waals surface area contributed by atoms with Crippen molar-refractivity contribution >= 4 is 0 Å². The number of para-hydroxylation sites is 1. The number of ether oxygens (including phenoxy) is 1. The van der Waals surface area contributed by atoms with Gasteiger partial charge in [-0.2, -0.15) is 0 Å². The molecule has 3 unspecified atom stereocenters. The highest BCUT2D eigenvalue weighted by molar-refractivity contribution is 5.24. The number of likely N-dealkylation sites (N-methyl/N-ethyl adjacent to an activating group) is 1. The fraction of sp³-hybridized carbons (Fsp3) is 0.571. The lowest BCUT2D eigenvalue weighted by Crippen LogP contribution is -2.45. The molecular weight excluding hydrogens is 217 g/mol. The van der Waals surface area contributed by atoms with Gasteiger partial charge >= 0.3 is 0 Å². The summed E-state index contributed by atoms with van der Waals surface area (Å²) in [5.74, 6) is 0.740. The zero-order chi connectivity index (χ0) is 12.3. The Kier molecular flexibility index (Phi) is 4.00. The first kappa shape index (κ1) is 12.4. The molecule has 3 heteroatoms. The highest BCUT2D eigenvalue weighted by atomic mass is 19.1. The maximum absolute atomic E-state index is 13.5. The van der Waals surface area contributed by atoms with Crippen molar-refractivity contribution in [3.8, 4) is 5.75 Å². The molecule has 0 spiro atoms. The minimum Gasteiger partial charge on any atom is -0.486 e. The highest BCUT2D eigenvalue weighted by Gasteiger charge is 2.29. The molecule has 2 rings (SSSR count). The van der Waals surface area contributed by atoms with Crippen molar-refractivity contribution in [2.75, 3.05) is 7.05 Å². The van der Waals surface area contributed by atoms with Gasteiger partial charge in [0.15, 0.2) is 11.6 Å². The molecule has 0 heterocycles. The van der Waals surface area contributed by atoms with Gasteiger partial charge in [-0.25, -0.2) is 4.39 Å². The predicted octanol–water partition coefficient (Wildman–Crippen LogP) is 2.98. The van der Waals surface area contributed by atoms with Gasteiger partial charge in [-0.1, -0.05) is 19.1 Å². The molecule has 17 heavy (non-hydrogen) atoms. The van der Waals surface area contributed by atoms with Crippen LogP contribution in [0.15, 0.2) is 24.3 Å². The van der Waals surface area contributed by atoms with Crippen molar-refractivity contribution in [2.24, 2.45) is 5.92 Å². The van der Waals surface area contributed by atoms with E-state index >= 15 is 0 Å². The second-order valence-corrected chi connectivity index (χ2v) is 4.90. The maximum atomic E-state index is 13.5. The number of rotatable bonds is 3. The molecule has 94 valence electrons. The molecule has 0 radical (unpaired) electrons. The van der Waals surface area contributed by atoms with Crippen LogP contribution in [0.2, 0.25) is 0 Å². The fourth-order valence-corrected chi connectivity index (χ4v) is 2.49. The zero-order valence-electron chi connectivity index (χ0n) is 10.4. The van der Waals surface area contributed by atoms with Gasteiger partial charge in [0.25, 0.3) is 0 Å². The van der Waals surface area contributed by atoms with Crippen LogP contribution in [0.5, 0.6) is 5.75 Å². The van der Waals surface area contributed by atoms with Crippen LogP contribution in [0, 0.1) is 11.7 Å². The average molecular weight is 237 g/mol. The zero-order valence-corrected chi connectivity index (χ0v) is 10.4. The summed E-state index contributed by atoms with van der Waals surface area (Å²) in [6.45, 7) is 2.23. The topological polar surface area (TPSA) is 21.3 Å². The second kappa shape index (κ2) is 5.50. The lowest BCUT2D eigenvalue weighted by Gasteiger charge is -2.34. The standard InChI is InChI=1S/C14H20FNO/c1-10-7-8-12(16-2)14(9-10)17-13-6-4-3-5-11(13)15/h3-6,10,12,14,16H,7-9H2,1-2H3. The van der Waals surface area contributed by atoms with Crippen LogP contribution >= 0.6 is 0 Å². The molecule has 1 N–H and O–H groups in total. The van der Waals surface area contributed by atoms with E-state index in [1.807, 2.05) is 7.05 Å². The summed E-state index contributed by atoms with van der Waals surface area (Å²) in [7, 11) is 1.94. The molecule has 1 aromatic rings. The maximum Gasteiger partial charge on any atom is 0.165 e. The van der Waals surface area contributed by atoms with E-state index in [1.54, 1.807) is 18.2 Å². The van der Waals surface area contributed by atoms with E-state index in [1.165, 1.54) is 12.5 Å². The van der Waals surface area contributed by atoms with Gasteiger partial charge < -0.3 is 10.1 Å². The monoisotopic (exact) mass is 237 g/mol. The molecule has 0 saturated heterocycles. The molecular formula is C14H20FNO. The van der Waals surface area contributed by atoms with E-state index in [2.05, 4.69) is 12.2 Å². The van der Waals surface area contributed by atoms with Crippen molar-refractivity contribution in [2.45, 2.75) is 38.3 Å². The number of hydrogen-bond acceptors (Lipinski definition) is 2. The summed E-state index contributed by atoms with van der Waals surface area (Å²) in [5, 5.41) is 3.27. The summed E-state index contributed by atoms with van der Waals surface area (Å²) in [4.78, 5) is 0. The predicted molar refractivity (Wildman–Crippen MR) is 66.7 cm³/mol. The van der Waals surface area contributed by atoms with Crippen molar-refractivity contribution in [3.63, 3.8) is 0 Å². The van der Waals surface area contributed by atoms with Crippen molar-refractivity contribution in [1.82, 2.24) is 5.32 Å². The van der Waals surface area contributed by atoms with Gasteiger partial charge in [0.1, 0.15) is 6.10 Å². The van der Waals surface area contributed by atoms with Crippen LogP contribution in [0.3, 0.4) is 0 Å². The van der Waals surface area contributed by atoms with Gasteiger partial charge in [0.05, 0.1) is 0 Å². The quantitative estimate of drug-likeness (QED) is 0.872. The minimum atomic E-state index is -0.277. The number of nitrogens with one attached hydrogen (secondary N) is 1. The minimum absolute atomic E-state index is 0.0700. The average Bonchev–Trinajstić information content (AvgIpc) is 2.32. The second-order valence-electron chi connectivity index (χ2n) is 4.90. The number of hydrogen-bond donors (Lipinski definition) is 1. The number of benzene rings is 1. The third-order valence-electron chi connectivity index (χ3n) is 3.54. The Hall–Kier alpha value is -1.09. The van der Waals surface area contributed by atoms with E-state index in [-0.39, 0.29) is 11.9 Å². The Morgan fingerprint density at radius 2 is 2.06 bits per heavy atom. The van der Waals surface area contributed by atoms with Crippen LogP contribution in [-0.2, 0) is 0 Å². The Morgan fingerprint density at radius 1 is 1.29 bits per heavy atom. The molecule has 0 aliphatic heterocycles. The van der Waals surface area contributed by atoms with Crippen LogP contribution in [0.1, 0.15) is 26.2 Å². The summed E-state index contributed by atoms with van der Waals surface area (Å²) >= 11 is 0. The van der Waals surface area contributed by atoms with Crippen LogP contribution in [0.25, 0.3) is 0 Å². The summed E-state index contributed by atoms with van der Waals surface area (Å²) < 4.78 is 19.3. The van der Waals surface area contributed by atoms with Crippen LogP contribution in [0.4, 0.5) is 4.39 Å². The number of halogens is 1. The van der Waals surface area contributed by atoms with Crippen molar-refractivity contribution < 1.29 is 9.13 Å². The van der Waals surface area contributed by atoms with Gasteiger partial charge in [-0.3, -0.25) is 0 Å². The SMILES string of the molecule is CNC1CCC(C)CC1Oc1ccccc1F. The Bertz CT molecular complexity index is 369. The molecule has 0 bridgehead atoms. The Labute approximate surface area is 102 Å². The van der Waals surface area contributed by atoms with E-state index in [9.17, 15) is 4.39 Å². The molecule has 0 aromatic heterocycles. The molecule has 3 atom stereocenters. The first-order chi connectivity index (χ1) is 8.20. The molecule has 1 fully saturated rings. The van der Waals surface area contributed by atoms with Crippen molar-refractivity contribution in [1.29, 1.82) is 0 Å². The molecule has 1 saturated carbocycles. The summed E-state index contributed by atoms with van der Waals surface area (Å²) in [6.07, 6.45) is 3.36. The fourth-order valence-electron chi connectivity index (χ4n) is 2.49. The van der Waals surface area contributed by atoms with Crippen LogP contribution < -0.4 is 10.1 Å². The lowest BCUT2D eigenvalue weighted by atomic mass is 9.85. The molecule has 1 aromatic carbocycles. The highest BCUT2D eigenvalue weighted by Crippen LogP contribution is 2.28. The third kappa shape index (κ3) is 2.97. The molecule has 2 nitrogen and oxygen atoms in total. The third-order valence-corrected chi connectivity index (χ3v) is 3.54. The van der Waals surface area contributed by atoms with Crippen molar-refractivity contribution in [3.05, 3.63) is 30.1 Å². The largest absolute Gasteiger partial charge is 0.486 e. The molecule has 0 amide bonds. The Morgan fingerprint density at radius 3 is 2.76 bits per heavy atom. The smallest absolute Gasteiger partial charge is 0.165 e. The van der Waals surface area contributed by atoms with E-state index in [4.69, 9.17) is 4.74 Å². The Balaban J connectivity index is 2.07. The van der Waals surface area contributed by atoms with E-state index in [0.717, 1.165) is 12.8 Å². The van der Waals surface area contributed by atoms with Crippen LogP contribution in [-0.4, -0.2) is 19.2 Å². The van der Waals surface area contributed by atoms with Gasteiger partial charge in [0.2, 0.25) is 0 Å². The van der Waals surface area contributed by atoms with E-state index < -0.39 is 0 Å². The normalized spacial score (nSPS) is 29.0. The summed E-state index contributed by atoms with van der Waals surface area (Å²) in [6, 6.07) is 6.95. The molecule has 1 aliphatic carbocycles. The van der Waals surface area contributed by atoms with Gasteiger partial charge in [-0.05, 0) is 44.4 Å². The van der Waals surface area contributed by atoms with Gasteiger partial charge in [0, 0.05) is 6.04 Å².